The molecule has 0 bridgehead atoms. The van der Waals surface area contributed by atoms with Gasteiger partial charge in [-0.3, -0.25) is 0 Å². The van der Waals surface area contributed by atoms with E-state index < -0.39 is 10.0 Å². The minimum Gasteiger partial charge on any atom is -0.319 e. The molecule has 0 aliphatic rings. The van der Waals surface area contributed by atoms with Crippen LogP contribution in [0.1, 0.15) is 6.92 Å². The van der Waals surface area contributed by atoms with Crippen molar-refractivity contribution < 1.29 is 8.42 Å². The maximum atomic E-state index is 11.9. The molecule has 0 radical (unpaired) electrons. The molecule has 2 N–H and O–H groups in total. The van der Waals surface area contributed by atoms with Gasteiger partial charge in [-0.1, -0.05) is 30.7 Å². The van der Waals surface area contributed by atoms with Crippen LogP contribution in [0, 0.1) is 5.92 Å². The van der Waals surface area contributed by atoms with Crippen LogP contribution in [0.3, 0.4) is 0 Å². The molecule has 1 unspecified atom stereocenters. The average molecular weight is 277 g/mol. The van der Waals surface area contributed by atoms with Crippen LogP contribution in [0.5, 0.6) is 0 Å². The second-order valence-electron chi connectivity index (χ2n) is 3.95. The van der Waals surface area contributed by atoms with Crippen molar-refractivity contribution in [3.63, 3.8) is 0 Å². The molecule has 0 heterocycles. The predicted octanol–water partition coefficient (Wildman–Crippen LogP) is 1.47. The summed E-state index contributed by atoms with van der Waals surface area (Å²) in [5.74, 6) is 0.220. The predicted molar refractivity (Wildman–Crippen MR) is 69.7 cm³/mol. The van der Waals surface area contributed by atoms with Crippen molar-refractivity contribution >= 4 is 21.6 Å². The Morgan fingerprint density at radius 2 is 1.94 bits per heavy atom. The Balaban J connectivity index is 2.73. The summed E-state index contributed by atoms with van der Waals surface area (Å²) in [7, 11) is -1.68. The summed E-state index contributed by atoms with van der Waals surface area (Å²) in [6, 6.07) is 6.41. The Morgan fingerprint density at radius 1 is 1.29 bits per heavy atom. The van der Waals surface area contributed by atoms with Crippen molar-refractivity contribution in [3.8, 4) is 0 Å². The van der Waals surface area contributed by atoms with Crippen LogP contribution in [0.25, 0.3) is 0 Å². The summed E-state index contributed by atoms with van der Waals surface area (Å²) in [5.41, 5.74) is 0. The molecule has 17 heavy (non-hydrogen) atoms. The van der Waals surface area contributed by atoms with Crippen LogP contribution in [0.15, 0.2) is 29.2 Å². The molecule has 6 heteroatoms. The van der Waals surface area contributed by atoms with E-state index in [9.17, 15) is 8.42 Å². The first-order chi connectivity index (χ1) is 7.97. The van der Waals surface area contributed by atoms with Crippen LogP contribution in [-0.4, -0.2) is 28.6 Å². The molecule has 0 aliphatic heterocycles. The highest BCUT2D eigenvalue weighted by atomic mass is 35.5. The highest BCUT2D eigenvalue weighted by molar-refractivity contribution is 7.89. The van der Waals surface area contributed by atoms with Gasteiger partial charge in [0.15, 0.2) is 0 Å². The molecule has 0 aromatic heterocycles. The zero-order valence-corrected chi connectivity index (χ0v) is 11.5. The van der Waals surface area contributed by atoms with Crippen molar-refractivity contribution in [3.05, 3.63) is 29.3 Å². The van der Waals surface area contributed by atoms with Gasteiger partial charge in [-0.25, -0.2) is 13.1 Å². The van der Waals surface area contributed by atoms with E-state index in [2.05, 4.69) is 10.0 Å². The SMILES string of the molecule is CNCC(C)CNS(=O)(=O)c1ccccc1Cl. The maximum Gasteiger partial charge on any atom is 0.242 e. The fourth-order valence-corrected chi connectivity index (χ4v) is 3.10. The third kappa shape index (κ3) is 4.27. The van der Waals surface area contributed by atoms with Crippen molar-refractivity contribution in [2.75, 3.05) is 20.1 Å². The third-order valence-corrected chi connectivity index (χ3v) is 4.22. The number of hydrogen-bond donors (Lipinski definition) is 2. The lowest BCUT2D eigenvalue weighted by molar-refractivity contribution is 0.519. The van der Waals surface area contributed by atoms with Crippen LogP contribution >= 0.6 is 11.6 Å². The van der Waals surface area contributed by atoms with E-state index in [1.165, 1.54) is 6.07 Å². The minimum atomic E-state index is -3.51. The van der Waals surface area contributed by atoms with Gasteiger partial charge >= 0.3 is 0 Å². The zero-order valence-electron chi connectivity index (χ0n) is 9.90. The largest absolute Gasteiger partial charge is 0.319 e. The molecular weight excluding hydrogens is 260 g/mol. The molecule has 1 rings (SSSR count). The fourth-order valence-electron chi connectivity index (χ4n) is 1.41. The maximum absolute atomic E-state index is 11.9. The number of benzene rings is 1. The van der Waals surface area contributed by atoms with E-state index in [4.69, 9.17) is 11.6 Å². The molecule has 0 fully saturated rings. The van der Waals surface area contributed by atoms with Crippen LogP contribution in [-0.2, 0) is 10.0 Å². The smallest absolute Gasteiger partial charge is 0.242 e. The van der Waals surface area contributed by atoms with Gasteiger partial charge in [0, 0.05) is 6.54 Å². The average Bonchev–Trinajstić information content (AvgIpc) is 2.27. The van der Waals surface area contributed by atoms with Crippen molar-refractivity contribution in [2.45, 2.75) is 11.8 Å². The van der Waals surface area contributed by atoms with Gasteiger partial charge in [0.25, 0.3) is 0 Å². The number of hydrogen-bond acceptors (Lipinski definition) is 3. The summed E-state index contributed by atoms with van der Waals surface area (Å²) >= 11 is 5.85. The molecule has 0 amide bonds. The number of halogens is 1. The number of sulfonamides is 1. The van der Waals surface area contributed by atoms with Crippen LogP contribution < -0.4 is 10.0 Å². The second kappa shape index (κ2) is 6.35. The van der Waals surface area contributed by atoms with Crippen molar-refractivity contribution in [1.29, 1.82) is 0 Å². The van der Waals surface area contributed by atoms with Gasteiger partial charge in [-0.2, -0.15) is 0 Å². The van der Waals surface area contributed by atoms with Crippen molar-refractivity contribution in [1.82, 2.24) is 10.0 Å². The first kappa shape index (κ1) is 14.4. The topological polar surface area (TPSA) is 58.2 Å². The highest BCUT2D eigenvalue weighted by Gasteiger charge is 2.17. The summed E-state index contributed by atoms with van der Waals surface area (Å²) in [6.45, 7) is 3.10. The summed E-state index contributed by atoms with van der Waals surface area (Å²) in [4.78, 5) is 0.123. The molecule has 1 aromatic carbocycles. The van der Waals surface area contributed by atoms with Gasteiger partial charge in [-0.15, -0.1) is 0 Å². The summed E-state index contributed by atoms with van der Waals surface area (Å²) in [6.07, 6.45) is 0. The van der Waals surface area contributed by atoms with E-state index in [0.29, 0.717) is 6.54 Å². The third-order valence-electron chi connectivity index (χ3n) is 2.30. The summed E-state index contributed by atoms with van der Waals surface area (Å²) < 4.78 is 26.4. The first-order valence-electron chi connectivity index (χ1n) is 5.36. The van der Waals surface area contributed by atoms with E-state index in [-0.39, 0.29) is 15.8 Å². The Kier molecular flexibility index (Phi) is 5.39. The standard InChI is InChI=1S/C11H17ClN2O2S/c1-9(7-13-2)8-14-17(15,16)11-6-4-3-5-10(11)12/h3-6,9,13-14H,7-8H2,1-2H3. The normalized spacial score (nSPS) is 13.6. The molecule has 0 spiro atoms. The van der Waals surface area contributed by atoms with E-state index >= 15 is 0 Å². The van der Waals surface area contributed by atoms with E-state index in [0.717, 1.165) is 6.54 Å². The Morgan fingerprint density at radius 3 is 2.53 bits per heavy atom. The van der Waals surface area contributed by atoms with Gasteiger partial charge in [0.05, 0.1) is 5.02 Å². The summed E-state index contributed by atoms with van der Waals surface area (Å²) in [5, 5.41) is 3.23. The molecule has 0 aliphatic carbocycles. The van der Waals surface area contributed by atoms with Crippen molar-refractivity contribution in [2.24, 2.45) is 5.92 Å². The van der Waals surface area contributed by atoms with Crippen LogP contribution in [0.2, 0.25) is 5.02 Å². The van der Waals surface area contributed by atoms with Gasteiger partial charge in [0.1, 0.15) is 4.90 Å². The molecule has 1 aromatic rings. The quantitative estimate of drug-likeness (QED) is 0.827. The molecule has 4 nitrogen and oxygen atoms in total. The van der Waals surface area contributed by atoms with E-state index in [1.54, 1.807) is 18.2 Å². The molecule has 0 saturated heterocycles. The van der Waals surface area contributed by atoms with Gasteiger partial charge in [-0.05, 0) is 31.6 Å². The fraction of sp³-hybridized carbons (Fsp3) is 0.455. The minimum absolute atomic E-state index is 0.123. The Labute approximate surface area is 107 Å². The molecule has 96 valence electrons. The lowest BCUT2D eigenvalue weighted by atomic mass is 10.2. The molecular formula is C11H17ClN2O2S. The van der Waals surface area contributed by atoms with E-state index in [1.807, 2.05) is 14.0 Å². The monoisotopic (exact) mass is 276 g/mol. The van der Waals surface area contributed by atoms with Gasteiger partial charge < -0.3 is 5.32 Å². The second-order valence-corrected chi connectivity index (χ2v) is 6.09. The highest BCUT2D eigenvalue weighted by Crippen LogP contribution is 2.20. The lowest BCUT2D eigenvalue weighted by Gasteiger charge is -2.13. The lowest BCUT2D eigenvalue weighted by Crippen LogP contribution is -2.32. The van der Waals surface area contributed by atoms with Gasteiger partial charge in [0.2, 0.25) is 10.0 Å². The molecule has 0 saturated carbocycles. The molecule has 1 atom stereocenters. The number of nitrogens with one attached hydrogen (secondary N) is 2. The first-order valence-corrected chi connectivity index (χ1v) is 7.22. The Hall–Kier alpha value is -0.620. The van der Waals surface area contributed by atoms with Crippen LogP contribution in [0.4, 0.5) is 0 Å². The number of rotatable bonds is 6. The zero-order chi connectivity index (χ0) is 12.9. The Bertz CT molecular complexity index is 462.